The van der Waals surface area contributed by atoms with Gasteiger partial charge in [0.2, 0.25) is 5.91 Å². The molecule has 0 aromatic carbocycles. The second-order valence-corrected chi connectivity index (χ2v) is 5.54. The molecule has 2 rings (SSSR count). The van der Waals surface area contributed by atoms with E-state index in [1.807, 2.05) is 0 Å². The summed E-state index contributed by atoms with van der Waals surface area (Å²) in [5.74, 6) is -0.862. The molecule has 2 unspecified atom stereocenters. The summed E-state index contributed by atoms with van der Waals surface area (Å²) in [5.41, 5.74) is 0. The van der Waals surface area contributed by atoms with Gasteiger partial charge in [-0.2, -0.15) is 13.2 Å². The third kappa shape index (κ3) is 3.85. The lowest BCUT2D eigenvalue weighted by Crippen LogP contribution is -2.45. The van der Waals surface area contributed by atoms with Crippen LogP contribution in [-0.2, 0) is 9.53 Å². The number of hydrogen-bond donors (Lipinski definition) is 1. The molecule has 2 heterocycles. The molecule has 2 aliphatic rings. The molecule has 2 saturated heterocycles. The smallest absolute Gasteiger partial charge is 0.383 e. The zero-order valence-electron chi connectivity index (χ0n) is 11.2. The summed E-state index contributed by atoms with van der Waals surface area (Å²) in [4.78, 5) is 13.6. The van der Waals surface area contributed by atoms with Gasteiger partial charge in [0.05, 0.1) is 12.5 Å². The molecule has 0 radical (unpaired) electrons. The van der Waals surface area contributed by atoms with Crippen LogP contribution in [0.2, 0.25) is 0 Å². The van der Waals surface area contributed by atoms with Gasteiger partial charge >= 0.3 is 6.18 Å². The van der Waals surface area contributed by atoms with Crippen LogP contribution in [0, 0.1) is 5.92 Å². The summed E-state index contributed by atoms with van der Waals surface area (Å²) in [5, 5.41) is 9.22. The first-order valence-electron chi connectivity index (χ1n) is 7.02. The highest BCUT2D eigenvalue weighted by Gasteiger charge is 2.44. The third-order valence-corrected chi connectivity index (χ3v) is 4.10. The summed E-state index contributed by atoms with van der Waals surface area (Å²) in [6.07, 6.45) is -4.37. The molecule has 0 bridgehead atoms. The van der Waals surface area contributed by atoms with Gasteiger partial charge < -0.3 is 14.7 Å². The third-order valence-electron chi connectivity index (χ3n) is 4.10. The lowest BCUT2D eigenvalue weighted by Gasteiger charge is -2.35. The van der Waals surface area contributed by atoms with Crippen molar-refractivity contribution in [2.24, 2.45) is 5.92 Å². The average molecular weight is 295 g/mol. The second kappa shape index (κ2) is 6.30. The SMILES string of the molecule is O=C(CC1CCCO1)N1CCC(C(O)C(F)(F)F)CC1. The number of alkyl halides is 3. The average Bonchev–Trinajstić information content (AvgIpc) is 2.90. The van der Waals surface area contributed by atoms with E-state index < -0.39 is 18.2 Å². The fourth-order valence-corrected chi connectivity index (χ4v) is 2.86. The molecule has 2 fully saturated rings. The number of likely N-dealkylation sites (tertiary alicyclic amines) is 1. The molecule has 0 aromatic rings. The standard InChI is InChI=1S/C13H20F3NO3/c14-13(15,16)12(19)9-3-5-17(6-4-9)11(18)8-10-2-1-7-20-10/h9-10,12,19H,1-8H2. The molecule has 0 saturated carbocycles. The van der Waals surface area contributed by atoms with Gasteiger partial charge in [-0.15, -0.1) is 0 Å². The minimum absolute atomic E-state index is 0.0408. The van der Waals surface area contributed by atoms with Crippen LogP contribution in [0.1, 0.15) is 32.1 Å². The van der Waals surface area contributed by atoms with Gasteiger partial charge in [0, 0.05) is 19.7 Å². The fourth-order valence-electron chi connectivity index (χ4n) is 2.86. The molecule has 2 atom stereocenters. The number of halogens is 3. The van der Waals surface area contributed by atoms with E-state index in [0.29, 0.717) is 13.0 Å². The summed E-state index contributed by atoms with van der Waals surface area (Å²) in [6, 6.07) is 0. The monoisotopic (exact) mass is 295 g/mol. The number of nitrogens with zero attached hydrogens (tertiary/aromatic N) is 1. The Labute approximate surface area is 115 Å². The molecule has 116 valence electrons. The topological polar surface area (TPSA) is 49.8 Å². The van der Waals surface area contributed by atoms with Crippen LogP contribution >= 0.6 is 0 Å². The van der Waals surface area contributed by atoms with Crippen molar-refractivity contribution >= 4 is 5.91 Å². The zero-order valence-corrected chi connectivity index (χ0v) is 11.2. The molecular weight excluding hydrogens is 275 g/mol. The highest BCUT2D eigenvalue weighted by Crippen LogP contribution is 2.31. The van der Waals surface area contributed by atoms with Gasteiger partial charge in [0.15, 0.2) is 6.10 Å². The normalized spacial score (nSPS) is 26.8. The van der Waals surface area contributed by atoms with E-state index in [2.05, 4.69) is 0 Å². The van der Waals surface area contributed by atoms with Crippen molar-refractivity contribution in [3.05, 3.63) is 0 Å². The van der Waals surface area contributed by atoms with E-state index in [9.17, 15) is 23.1 Å². The lowest BCUT2D eigenvalue weighted by atomic mass is 9.90. The summed E-state index contributed by atoms with van der Waals surface area (Å²) in [6.45, 7) is 1.24. The Hall–Kier alpha value is -0.820. The summed E-state index contributed by atoms with van der Waals surface area (Å²) < 4.78 is 42.6. The van der Waals surface area contributed by atoms with Gasteiger partial charge in [-0.25, -0.2) is 0 Å². The molecule has 20 heavy (non-hydrogen) atoms. The molecule has 1 amide bonds. The fraction of sp³-hybridized carbons (Fsp3) is 0.923. The number of amides is 1. The molecule has 1 N–H and O–H groups in total. The van der Waals surface area contributed by atoms with Crippen molar-refractivity contribution in [3.63, 3.8) is 0 Å². The molecule has 0 spiro atoms. The largest absolute Gasteiger partial charge is 0.414 e. The Morgan fingerprint density at radius 2 is 1.95 bits per heavy atom. The first kappa shape index (κ1) is 15.6. The Bertz CT molecular complexity index is 334. The molecule has 0 aromatic heterocycles. The van der Waals surface area contributed by atoms with Crippen LogP contribution in [-0.4, -0.2) is 54.0 Å². The Morgan fingerprint density at radius 1 is 1.30 bits per heavy atom. The Morgan fingerprint density at radius 3 is 2.45 bits per heavy atom. The number of carbonyl (C=O) groups is 1. The van der Waals surface area contributed by atoms with Crippen molar-refractivity contribution in [1.29, 1.82) is 0 Å². The number of aliphatic hydroxyl groups excluding tert-OH is 1. The van der Waals surface area contributed by atoms with Gasteiger partial charge in [0.1, 0.15) is 0 Å². The predicted molar refractivity (Wildman–Crippen MR) is 65.0 cm³/mol. The number of carbonyl (C=O) groups excluding carboxylic acids is 1. The van der Waals surface area contributed by atoms with E-state index >= 15 is 0 Å². The maximum Gasteiger partial charge on any atom is 0.414 e. The maximum atomic E-state index is 12.4. The van der Waals surface area contributed by atoms with Crippen molar-refractivity contribution in [2.75, 3.05) is 19.7 Å². The Kier molecular flexibility index (Phi) is 4.90. The number of ether oxygens (including phenoxy) is 1. The molecular formula is C13H20F3NO3. The number of rotatable bonds is 3. The Balaban J connectivity index is 1.77. The van der Waals surface area contributed by atoms with Gasteiger partial charge in [-0.1, -0.05) is 0 Å². The number of aliphatic hydroxyl groups is 1. The van der Waals surface area contributed by atoms with E-state index in [4.69, 9.17) is 4.74 Å². The van der Waals surface area contributed by atoms with Crippen LogP contribution in [0.5, 0.6) is 0 Å². The van der Waals surface area contributed by atoms with Crippen molar-refractivity contribution in [2.45, 2.75) is 50.5 Å². The first-order valence-corrected chi connectivity index (χ1v) is 7.02. The molecule has 0 aliphatic carbocycles. The van der Waals surface area contributed by atoms with Crippen molar-refractivity contribution in [3.8, 4) is 0 Å². The first-order chi connectivity index (χ1) is 9.38. The van der Waals surface area contributed by atoms with Crippen LogP contribution in [0.3, 0.4) is 0 Å². The molecule has 4 nitrogen and oxygen atoms in total. The minimum atomic E-state index is -4.57. The van der Waals surface area contributed by atoms with Crippen molar-refractivity contribution < 1.29 is 27.8 Å². The van der Waals surface area contributed by atoms with Gasteiger partial charge in [-0.3, -0.25) is 4.79 Å². The predicted octanol–water partition coefficient (Wildman–Crippen LogP) is 1.72. The highest BCUT2D eigenvalue weighted by atomic mass is 19.4. The molecule has 7 heteroatoms. The quantitative estimate of drug-likeness (QED) is 0.862. The minimum Gasteiger partial charge on any atom is -0.383 e. The number of hydrogen-bond acceptors (Lipinski definition) is 3. The highest BCUT2D eigenvalue weighted by molar-refractivity contribution is 5.76. The number of piperidine rings is 1. The zero-order chi connectivity index (χ0) is 14.8. The van der Waals surface area contributed by atoms with E-state index in [1.54, 1.807) is 4.90 Å². The lowest BCUT2D eigenvalue weighted by molar-refractivity contribution is -0.223. The summed E-state index contributed by atoms with van der Waals surface area (Å²) in [7, 11) is 0. The second-order valence-electron chi connectivity index (χ2n) is 5.54. The van der Waals surface area contributed by atoms with Crippen LogP contribution in [0.25, 0.3) is 0 Å². The van der Waals surface area contributed by atoms with Gasteiger partial charge in [-0.05, 0) is 31.6 Å². The van der Waals surface area contributed by atoms with Crippen molar-refractivity contribution in [1.82, 2.24) is 4.90 Å². The van der Waals surface area contributed by atoms with Crippen LogP contribution in [0.15, 0.2) is 0 Å². The van der Waals surface area contributed by atoms with E-state index in [-0.39, 0.29) is 37.9 Å². The van der Waals surface area contributed by atoms with Gasteiger partial charge in [0.25, 0.3) is 0 Å². The van der Waals surface area contributed by atoms with Crippen LogP contribution in [0.4, 0.5) is 13.2 Å². The van der Waals surface area contributed by atoms with Crippen LogP contribution < -0.4 is 0 Å². The summed E-state index contributed by atoms with van der Waals surface area (Å²) >= 11 is 0. The van der Waals surface area contributed by atoms with E-state index in [0.717, 1.165) is 12.8 Å². The van der Waals surface area contributed by atoms with E-state index in [1.165, 1.54) is 0 Å². The molecule has 2 aliphatic heterocycles. The maximum absolute atomic E-state index is 12.4.